The number of fused-ring (bicyclic) bond motifs is 2. The van der Waals surface area contributed by atoms with Gasteiger partial charge in [-0.1, -0.05) is 40.2 Å². The quantitative estimate of drug-likeness (QED) is 0.439. The zero-order valence-electron chi connectivity index (χ0n) is 16.3. The fourth-order valence-corrected chi connectivity index (χ4v) is 4.60. The summed E-state index contributed by atoms with van der Waals surface area (Å²) in [5.41, 5.74) is 3.32. The van der Waals surface area contributed by atoms with Crippen molar-refractivity contribution in [3.05, 3.63) is 70.5 Å². The number of carbonyl (C=O) groups is 3. The van der Waals surface area contributed by atoms with Gasteiger partial charge in [0.15, 0.2) is 0 Å². The number of nitrogens with one attached hydrogen (secondary N) is 1. The molecule has 1 aliphatic heterocycles. The third-order valence-corrected chi connectivity index (χ3v) is 6.01. The highest BCUT2D eigenvalue weighted by atomic mass is 79.9. The molecule has 0 unspecified atom stereocenters. The monoisotopic (exact) mass is 477 g/mol. The maximum atomic E-state index is 12.9. The molecule has 8 heteroatoms. The summed E-state index contributed by atoms with van der Waals surface area (Å²) >= 11 is 3.42. The van der Waals surface area contributed by atoms with E-state index in [9.17, 15) is 19.5 Å². The summed E-state index contributed by atoms with van der Waals surface area (Å²) < 4.78 is 4.27. The minimum Gasteiger partial charge on any atom is -0.480 e. The molecule has 1 aliphatic rings. The Balaban J connectivity index is 1.84. The maximum absolute atomic E-state index is 12.9. The van der Waals surface area contributed by atoms with Gasteiger partial charge < -0.3 is 14.2 Å². The average Bonchev–Trinajstić information content (AvgIpc) is 3.33. The number of imide groups is 1. The Morgan fingerprint density at radius 2 is 1.61 bits per heavy atom. The van der Waals surface area contributed by atoms with E-state index in [0.29, 0.717) is 27.6 Å². The van der Waals surface area contributed by atoms with E-state index in [0.717, 1.165) is 15.4 Å². The summed E-state index contributed by atoms with van der Waals surface area (Å²) in [6.07, 6.45) is 3.47. The molecule has 0 fully saturated rings. The molecule has 2 amide bonds. The smallest absolute Gasteiger partial charge is 0.323 e. The number of benzene rings is 2. The van der Waals surface area contributed by atoms with Gasteiger partial charge in [0.1, 0.15) is 6.54 Å². The first kappa shape index (κ1) is 19.3. The Kier molecular flexibility index (Phi) is 4.33. The van der Waals surface area contributed by atoms with Gasteiger partial charge in [-0.2, -0.15) is 0 Å². The molecule has 0 spiro atoms. The lowest BCUT2D eigenvalue weighted by molar-refractivity contribution is -0.137. The van der Waals surface area contributed by atoms with Crippen molar-refractivity contribution in [2.45, 2.75) is 6.54 Å². The third kappa shape index (κ3) is 2.98. The van der Waals surface area contributed by atoms with Crippen molar-refractivity contribution in [1.82, 2.24) is 14.5 Å². The molecule has 0 atom stereocenters. The van der Waals surface area contributed by atoms with Gasteiger partial charge in [-0.05, 0) is 18.2 Å². The standard InChI is InChI=1S/C23H16BrN3O4/c1-26-9-15(13-4-2-3-5-17(13)26)20-21(23(31)25-22(20)30)16-10-27(11-19(28)29)18-8-12(24)6-7-14(16)18/h2-10H,11H2,1H3,(H,28,29)(H,25,30,31). The van der Waals surface area contributed by atoms with Gasteiger partial charge in [-0.15, -0.1) is 0 Å². The number of amides is 2. The first-order valence-corrected chi connectivity index (χ1v) is 10.3. The van der Waals surface area contributed by atoms with E-state index in [2.05, 4.69) is 21.2 Å². The van der Waals surface area contributed by atoms with Crippen molar-refractivity contribution in [1.29, 1.82) is 0 Å². The Morgan fingerprint density at radius 3 is 2.32 bits per heavy atom. The van der Waals surface area contributed by atoms with Crippen molar-refractivity contribution in [3.8, 4) is 0 Å². The largest absolute Gasteiger partial charge is 0.480 e. The molecule has 7 nitrogen and oxygen atoms in total. The Bertz CT molecular complexity index is 1480. The van der Waals surface area contributed by atoms with Gasteiger partial charge in [0.2, 0.25) is 0 Å². The molecular formula is C23H16BrN3O4. The van der Waals surface area contributed by atoms with Gasteiger partial charge >= 0.3 is 5.97 Å². The lowest BCUT2D eigenvalue weighted by atomic mass is 9.95. The molecule has 0 radical (unpaired) electrons. The topological polar surface area (TPSA) is 93.3 Å². The number of para-hydroxylation sites is 1. The minimum absolute atomic E-state index is 0.248. The van der Waals surface area contributed by atoms with Gasteiger partial charge in [0.05, 0.1) is 16.7 Å². The van der Waals surface area contributed by atoms with Crippen LogP contribution in [0.5, 0.6) is 0 Å². The molecule has 5 rings (SSSR count). The van der Waals surface area contributed by atoms with Crippen LogP contribution >= 0.6 is 15.9 Å². The molecular weight excluding hydrogens is 462 g/mol. The molecule has 0 saturated heterocycles. The average molecular weight is 478 g/mol. The predicted molar refractivity (Wildman–Crippen MR) is 120 cm³/mol. The lowest BCUT2D eigenvalue weighted by Crippen LogP contribution is -2.22. The van der Waals surface area contributed by atoms with Crippen LogP contribution in [0.15, 0.2) is 59.3 Å². The second-order valence-corrected chi connectivity index (χ2v) is 8.35. The van der Waals surface area contributed by atoms with Gasteiger partial charge in [0, 0.05) is 51.3 Å². The number of carboxylic acid groups (broad SMARTS) is 1. The Labute approximate surface area is 184 Å². The fourth-order valence-electron chi connectivity index (χ4n) is 4.25. The first-order chi connectivity index (χ1) is 14.8. The van der Waals surface area contributed by atoms with Gasteiger partial charge in [0.25, 0.3) is 11.8 Å². The molecule has 154 valence electrons. The van der Waals surface area contributed by atoms with Gasteiger partial charge in [-0.3, -0.25) is 19.7 Å². The van der Waals surface area contributed by atoms with Crippen molar-refractivity contribution in [2.75, 3.05) is 0 Å². The summed E-state index contributed by atoms with van der Waals surface area (Å²) in [4.78, 5) is 37.2. The molecule has 4 aromatic rings. The number of hydrogen-bond acceptors (Lipinski definition) is 3. The van der Waals surface area contributed by atoms with Crippen LogP contribution in [0, 0.1) is 0 Å². The maximum Gasteiger partial charge on any atom is 0.323 e. The van der Waals surface area contributed by atoms with E-state index < -0.39 is 17.8 Å². The van der Waals surface area contributed by atoms with Crippen molar-refractivity contribution in [2.24, 2.45) is 7.05 Å². The number of aromatic nitrogens is 2. The fraction of sp³-hybridized carbons (Fsp3) is 0.0870. The summed E-state index contributed by atoms with van der Waals surface area (Å²) in [5, 5.41) is 13.3. The van der Waals surface area contributed by atoms with E-state index in [1.54, 1.807) is 16.8 Å². The first-order valence-electron chi connectivity index (χ1n) is 9.50. The number of aryl methyl sites for hydroxylation is 1. The van der Waals surface area contributed by atoms with Crippen LogP contribution in [0.1, 0.15) is 11.1 Å². The Morgan fingerprint density at radius 1 is 0.968 bits per heavy atom. The van der Waals surface area contributed by atoms with E-state index >= 15 is 0 Å². The SMILES string of the molecule is Cn1cc(C2=C(c3cn(CC(=O)O)c4cc(Br)ccc34)C(=O)NC2=O)c2ccccc21. The molecule has 31 heavy (non-hydrogen) atoms. The highest BCUT2D eigenvalue weighted by Crippen LogP contribution is 2.39. The number of halogens is 1. The van der Waals surface area contributed by atoms with Crippen molar-refractivity contribution in [3.63, 3.8) is 0 Å². The number of aliphatic carboxylic acids is 1. The zero-order valence-corrected chi connectivity index (χ0v) is 17.9. The van der Waals surface area contributed by atoms with Crippen molar-refractivity contribution >= 4 is 66.7 Å². The highest BCUT2D eigenvalue weighted by molar-refractivity contribution is 9.10. The molecule has 2 aromatic heterocycles. The van der Waals surface area contributed by atoms with Crippen LogP contribution in [-0.2, 0) is 28.0 Å². The predicted octanol–water partition coefficient (Wildman–Crippen LogP) is 3.55. The number of rotatable bonds is 4. The van der Waals surface area contributed by atoms with E-state index in [-0.39, 0.29) is 12.1 Å². The van der Waals surface area contributed by atoms with E-state index in [1.165, 1.54) is 0 Å². The zero-order chi connectivity index (χ0) is 21.9. The van der Waals surface area contributed by atoms with E-state index in [4.69, 9.17) is 0 Å². The Hall–Kier alpha value is -3.65. The van der Waals surface area contributed by atoms with Crippen LogP contribution in [0.4, 0.5) is 0 Å². The van der Waals surface area contributed by atoms with E-state index in [1.807, 2.05) is 54.2 Å². The highest BCUT2D eigenvalue weighted by Gasteiger charge is 2.35. The van der Waals surface area contributed by atoms with Crippen LogP contribution < -0.4 is 5.32 Å². The summed E-state index contributed by atoms with van der Waals surface area (Å²) in [7, 11) is 1.89. The minimum atomic E-state index is -1.00. The number of carboxylic acids is 1. The molecule has 2 N–H and O–H groups in total. The van der Waals surface area contributed by atoms with Crippen LogP contribution in [0.3, 0.4) is 0 Å². The molecule has 0 bridgehead atoms. The second-order valence-electron chi connectivity index (χ2n) is 7.43. The van der Waals surface area contributed by atoms with Crippen LogP contribution in [0.2, 0.25) is 0 Å². The third-order valence-electron chi connectivity index (χ3n) is 5.52. The lowest BCUT2D eigenvalue weighted by Gasteiger charge is -2.03. The van der Waals surface area contributed by atoms with Crippen LogP contribution in [0.25, 0.3) is 33.0 Å². The molecule has 0 aliphatic carbocycles. The molecule has 0 saturated carbocycles. The van der Waals surface area contributed by atoms with Gasteiger partial charge in [-0.25, -0.2) is 0 Å². The van der Waals surface area contributed by atoms with Crippen LogP contribution in [-0.4, -0.2) is 32.0 Å². The number of nitrogens with zero attached hydrogens (tertiary/aromatic N) is 2. The second kappa shape index (κ2) is 6.95. The summed E-state index contributed by atoms with van der Waals surface area (Å²) in [6, 6.07) is 13.1. The molecule has 2 aromatic carbocycles. The molecule has 3 heterocycles. The number of hydrogen-bond donors (Lipinski definition) is 2. The normalized spacial score (nSPS) is 14.1. The number of carbonyl (C=O) groups excluding carboxylic acids is 2. The summed E-state index contributed by atoms with van der Waals surface area (Å²) in [6.45, 7) is -0.264. The van der Waals surface area contributed by atoms with Crippen molar-refractivity contribution < 1.29 is 19.5 Å². The summed E-state index contributed by atoms with van der Waals surface area (Å²) in [5.74, 6) is -1.96.